The van der Waals surface area contributed by atoms with Gasteiger partial charge in [0, 0.05) is 30.2 Å². The molecule has 0 spiro atoms. The highest BCUT2D eigenvalue weighted by Gasteiger charge is 2.32. The van der Waals surface area contributed by atoms with Crippen LogP contribution in [-0.4, -0.2) is 29.5 Å². The van der Waals surface area contributed by atoms with E-state index >= 15 is 0 Å². The first-order chi connectivity index (χ1) is 7.20. The van der Waals surface area contributed by atoms with Gasteiger partial charge in [-0.2, -0.15) is 0 Å². The van der Waals surface area contributed by atoms with Gasteiger partial charge in [0.15, 0.2) is 0 Å². The maximum Gasteiger partial charge on any atom is 0.0897 e. The molecule has 3 nitrogen and oxygen atoms in total. The maximum atomic E-state index is 5.82. The summed E-state index contributed by atoms with van der Waals surface area (Å²) >= 11 is 1.78. The van der Waals surface area contributed by atoms with Crippen molar-refractivity contribution in [3.05, 3.63) is 16.1 Å². The largest absolute Gasteiger partial charge is 0.329 e. The van der Waals surface area contributed by atoms with Gasteiger partial charge < -0.3 is 5.73 Å². The van der Waals surface area contributed by atoms with E-state index in [9.17, 15) is 0 Å². The minimum absolute atomic E-state index is 0. The van der Waals surface area contributed by atoms with Crippen LogP contribution < -0.4 is 5.73 Å². The summed E-state index contributed by atoms with van der Waals surface area (Å²) in [5, 5.41) is 1.15. The molecule has 1 saturated carbocycles. The zero-order chi connectivity index (χ0) is 10.8. The van der Waals surface area contributed by atoms with Gasteiger partial charge in [0.25, 0.3) is 0 Å². The second-order valence-electron chi connectivity index (χ2n) is 4.40. The SMILES string of the molecule is Cc1ncc(CN(C)C(CN)C2CC2)s1.Cl. The lowest BCUT2D eigenvalue weighted by atomic mass is 10.1. The van der Waals surface area contributed by atoms with Crippen molar-refractivity contribution in [3.63, 3.8) is 0 Å². The van der Waals surface area contributed by atoms with E-state index in [-0.39, 0.29) is 12.4 Å². The molecule has 0 aromatic carbocycles. The first kappa shape index (κ1) is 13.9. The summed E-state index contributed by atoms with van der Waals surface area (Å²) < 4.78 is 0. The van der Waals surface area contributed by atoms with E-state index in [0.717, 1.165) is 24.0 Å². The summed E-state index contributed by atoms with van der Waals surface area (Å²) in [5.41, 5.74) is 5.82. The summed E-state index contributed by atoms with van der Waals surface area (Å²) in [7, 11) is 2.17. The maximum absolute atomic E-state index is 5.82. The Morgan fingerprint density at radius 2 is 2.31 bits per heavy atom. The van der Waals surface area contributed by atoms with E-state index < -0.39 is 0 Å². The summed E-state index contributed by atoms with van der Waals surface area (Å²) in [6.45, 7) is 3.82. The molecule has 0 bridgehead atoms. The third-order valence-electron chi connectivity index (χ3n) is 3.05. The lowest BCUT2D eigenvalue weighted by Crippen LogP contribution is -2.38. The van der Waals surface area contributed by atoms with Crippen molar-refractivity contribution in [2.45, 2.75) is 32.4 Å². The molecule has 0 aliphatic heterocycles. The monoisotopic (exact) mass is 261 g/mol. The lowest BCUT2D eigenvalue weighted by Gasteiger charge is -2.26. The number of nitrogens with zero attached hydrogens (tertiary/aromatic N) is 2. The Hall–Kier alpha value is -0.160. The standard InChI is InChI=1S/C11H19N3S.ClH/c1-8-13-6-10(15-8)7-14(2)11(5-12)9-3-4-9;/h6,9,11H,3-5,7,12H2,1-2H3;1H. The van der Waals surface area contributed by atoms with Gasteiger partial charge in [0.1, 0.15) is 0 Å². The van der Waals surface area contributed by atoms with Gasteiger partial charge in [-0.1, -0.05) is 0 Å². The Balaban J connectivity index is 0.00000128. The molecule has 16 heavy (non-hydrogen) atoms. The van der Waals surface area contributed by atoms with E-state index in [1.165, 1.54) is 17.7 Å². The van der Waals surface area contributed by atoms with Crippen LogP contribution in [0.25, 0.3) is 0 Å². The van der Waals surface area contributed by atoms with Crippen LogP contribution in [-0.2, 0) is 6.54 Å². The number of halogens is 1. The van der Waals surface area contributed by atoms with Crippen LogP contribution in [0.15, 0.2) is 6.20 Å². The highest BCUT2D eigenvalue weighted by Crippen LogP contribution is 2.35. The molecule has 1 aromatic heterocycles. The molecule has 0 radical (unpaired) electrons. The van der Waals surface area contributed by atoms with Crippen LogP contribution in [0.4, 0.5) is 0 Å². The van der Waals surface area contributed by atoms with Gasteiger partial charge in [-0.05, 0) is 32.7 Å². The molecule has 1 aliphatic rings. The fourth-order valence-electron chi connectivity index (χ4n) is 2.05. The topological polar surface area (TPSA) is 42.2 Å². The average molecular weight is 262 g/mol. The number of likely N-dealkylation sites (N-methyl/N-ethyl adjacent to an activating group) is 1. The molecule has 1 atom stereocenters. The zero-order valence-electron chi connectivity index (χ0n) is 9.85. The highest BCUT2D eigenvalue weighted by molar-refractivity contribution is 7.11. The van der Waals surface area contributed by atoms with Gasteiger partial charge in [-0.15, -0.1) is 23.7 Å². The highest BCUT2D eigenvalue weighted by atomic mass is 35.5. The van der Waals surface area contributed by atoms with Gasteiger partial charge in [-0.3, -0.25) is 4.90 Å². The minimum atomic E-state index is 0. The summed E-state index contributed by atoms with van der Waals surface area (Å²) in [6.07, 6.45) is 4.69. The van der Waals surface area contributed by atoms with Crippen LogP contribution in [0.2, 0.25) is 0 Å². The first-order valence-electron chi connectivity index (χ1n) is 5.52. The molecule has 0 amide bonds. The molecular formula is C11H20ClN3S. The van der Waals surface area contributed by atoms with E-state index in [1.807, 2.05) is 6.20 Å². The fraction of sp³-hybridized carbons (Fsp3) is 0.727. The van der Waals surface area contributed by atoms with E-state index in [0.29, 0.717) is 6.04 Å². The molecule has 1 aliphatic carbocycles. The van der Waals surface area contributed by atoms with Crippen LogP contribution >= 0.6 is 23.7 Å². The number of aromatic nitrogens is 1. The van der Waals surface area contributed by atoms with Crippen molar-refractivity contribution in [3.8, 4) is 0 Å². The summed E-state index contributed by atoms with van der Waals surface area (Å²) in [5.74, 6) is 0.842. The van der Waals surface area contributed by atoms with E-state index in [2.05, 4.69) is 23.9 Å². The molecule has 2 rings (SSSR count). The molecule has 2 N–H and O–H groups in total. The summed E-state index contributed by atoms with van der Waals surface area (Å²) in [4.78, 5) is 8.00. The number of hydrogen-bond acceptors (Lipinski definition) is 4. The summed E-state index contributed by atoms with van der Waals surface area (Å²) in [6, 6.07) is 0.562. The second kappa shape index (κ2) is 5.96. The van der Waals surface area contributed by atoms with Crippen LogP contribution in [0, 0.1) is 12.8 Å². The number of hydrogen-bond donors (Lipinski definition) is 1. The number of rotatable bonds is 5. The van der Waals surface area contributed by atoms with Crippen molar-refractivity contribution < 1.29 is 0 Å². The van der Waals surface area contributed by atoms with Crippen molar-refractivity contribution in [1.29, 1.82) is 0 Å². The Morgan fingerprint density at radius 3 is 2.75 bits per heavy atom. The van der Waals surface area contributed by atoms with Crippen molar-refractivity contribution in [1.82, 2.24) is 9.88 Å². The molecule has 1 aromatic rings. The Bertz CT molecular complexity index is 325. The number of aryl methyl sites for hydroxylation is 1. The molecule has 92 valence electrons. The molecule has 5 heteroatoms. The first-order valence-corrected chi connectivity index (χ1v) is 6.34. The van der Waals surface area contributed by atoms with Gasteiger partial charge in [0.2, 0.25) is 0 Å². The second-order valence-corrected chi connectivity index (χ2v) is 5.72. The van der Waals surface area contributed by atoms with Crippen LogP contribution in [0.1, 0.15) is 22.7 Å². The normalized spacial score (nSPS) is 17.2. The average Bonchev–Trinajstić information content (AvgIpc) is 2.93. The van der Waals surface area contributed by atoms with Crippen LogP contribution in [0.3, 0.4) is 0 Å². The predicted molar refractivity (Wildman–Crippen MR) is 71.1 cm³/mol. The zero-order valence-corrected chi connectivity index (χ0v) is 11.5. The van der Waals surface area contributed by atoms with Gasteiger partial charge >= 0.3 is 0 Å². The number of nitrogens with two attached hydrogens (primary N) is 1. The smallest absolute Gasteiger partial charge is 0.0897 e. The van der Waals surface area contributed by atoms with E-state index in [4.69, 9.17) is 5.73 Å². The Kier molecular flexibility index (Phi) is 5.18. The third kappa shape index (κ3) is 3.42. The van der Waals surface area contributed by atoms with Crippen molar-refractivity contribution >= 4 is 23.7 Å². The minimum Gasteiger partial charge on any atom is -0.329 e. The molecule has 1 fully saturated rings. The molecule has 0 saturated heterocycles. The van der Waals surface area contributed by atoms with Gasteiger partial charge in [0.05, 0.1) is 5.01 Å². The quantitative estimate of drug-likeness (QED) is 0.882. The third-order valence-corrected chi connectivity index (χ3v) is 3.95. The molecule has 1 unspecified atom stereocenters. The molecular weight excluding hydrogens is 242 g/mol. The Labute approximate surface area is 107 Å². The van der Waals surface area contributed by atoms with Crippen molar-refractivity contribution in [2.75, 3.05) is 13.6 Å². The van der Waals surface area contributed by atoms with Crippen molar-refractivity contribution in [2.24, 2.45) is 11.7 Å². The van der Waals surface area contributed by atoms with E-state index in [1.54, 1.807) is 11.3 Å². The molecule has 1 heterocycles. The Morgan fingerprint density at radius 1 is 1.62 bits per heavy atom. The predicted octanol–water partition coefficient (Wildman–Crippen LogP) is 2.04. The number of thiazole rings is 1. The fourth-order valence-corrected chi connectivity index (χ4v) is 2.91. The van der Waals surface area contributed by atoms with Gasteiger partial charge in [-0.25, -0.2) is 4.98 Å². The van der Waals surface area contributed by atoms with Crippen LogP contribution in [0.5, 0.6) is 0 Å². The lowest BCUT2D eigenvalue weighted by molar-refractivity contribution is 0.217.